The Bertz CT molecular complexity index is 923. The summed E-state index contributed by atoms with van der Waals surface area (Å²) < 4.78 is 5.46. The first kappa shape index (κ1) is 24.0. The van der Waals surface area contributed by atoms with Gasteiger partial charge in [-0.1, -0.05) is 53.0 Å². The predicted molar refractivity (Wildman–Crippen MR) is 124 cm³/mol. The van der Waals surface area contributed by atoms with Crippen molar-refractivity contribution in [2.75, 3.05) is 33.0 Å². The first-order valence-electron chi connectivity index (χ1n) is 10.2. The number of carbonyl (C=O) groups excluding carboxylic acids is 2. The van der Waals surface area contributed by atoms with Gasteiger partial charge in [0.25, 0.3) is 0 Å². The molecule has 1 fully saturated rings. The first-order chi connectivity index (χ1) is 14.9. The molecule has 1 N–H and O–H groups in total. The van der Waals surface area contributed by atoms with Crippen molar-refractivity contribution < 1.29 is 14.3 Å². The Balaban J connectivity index is 1.47. The van der Waals surface area contributed by atoms with Gasteiger partial charge in [0.15, 0.2) is 5.78 Å². The van der Waals surface area contributed by atoms with E-state index in [4.69, 9.17) is 39.5 Å². The van der Waals surface area contributed by atoms with Crippen molar-refractivity contribution in [2.24, 2.45) is 5.92 Å². The maximum atomic E-state index is 12.7. The number of Topliss-reactive ketones (excluding diaryl/α,β-unsaturated/α-hetero) is 1. The van der Waals surface area contributed by atoms with Gasteiger partial charge in [0, 0.05) is 24.7 Å². The molecule has 1 aliphatic heterocycles. The normalized spacial score (nSPS) is 17.4. The van der Waals surface area contributed by atoms with Crippen molar-refractivity contribution in [1.29, 1.82) is 0 Å². The quantitative estimate of drug-likeness (QED) is 0.446. The van der Waals surface area contributed by atoms with Gasteiger partial charge in [-0.3, -0.25) is 14.5 Å². The molecule has 0 radical (unpaired) electrons. The SMILES string of the molecule is O=C1COCN(CCc2cccc(Cl)c2)CC1C(=O)NCCCc1ccc(Cl)c(Cl)c1. The minimum atomic E-state index is -0.730. The van der Waals surface area contributed by atoms with Crippen LogP contribution in [0.1, 0.15) is 17.5 Å². The number of ether oxygens (including phenoxy) is 1. The van der Waals surface area contributed by atoms with Crippen LogP contribution in [0, 0.1) is 5.92 Å². The smallest absolute Gasteiger partial charge is 0.231 e. The fourth-order valence-corrected chi connectivity index (χ4v) is 4.01. The second-order valence-corrected chi connectivity index (χ2v) is 8.85. The summed E-state index contributed by atoms with van der Waals surface area (Å²) in [7, 11) is 0. The van der Waals surface area contributed by atoms with Gasteiger partial charge < -0.3 is 10.1 Å². The van der Waals surface area contributed by atoms with Gasteiger partial charge in [-0.2, -0.15) is 0 Å². The Morgan fingerprint density at radius 2 is 1.87 bits per heavy atom. The number of aryl methyl sites for hydroxylation is 1. The molecule has 0 aromatic heterocycles. The van der Waals surface area contributed by atoms with Crippen LogP contribution in [0.3, 0.4) is 0 Å². The summed E-state index contributed by atoms with van der Waals surface area (Å²) in [5, 5.41) is 4.62. The summed E-state index contributed by atoms with van der Waals surface area (Å²) >= 11 is 18.0. The molecule has 0 saturated carbocycles. The van der Waals surface area contributed by atoms with Crippen molar-refractivity contribution >= 4 is 46.5 Å². The third-order valence-corrected chi connectivity index (χ3v) is 6.17. The standard InChI is InChI=1S/C23H25Cl3N2O3/c24-18-5-1-3-17(11-18)8-10-28-13-19(22(29)14-31-15-28)23(30)27-9-2-4-16-6-7-20(25)21(26)12-16/h1,3,5-7,11-12,19H,2,4,8-10,13-15H2,(H,27,30). The highest BCUT2D eigenvalue weighted by molar-refractivity contribution is 6.42. The minimum Gasteiger partial charge on any atom is -0.358 e. The van der Waals surface area contributed by atoms with Gasteiger partial charge in [-0.15, -0.1) is 0 Å². The molecule has 2 aromatic rings. The van der Waals surface area contributed by atoms with E-state index in [-0.39, 0.29) is 18.3 Å². The fourth-order valence-electron chi connectivity index (χ4n) is 3.48. The number of carbonyl (C=O) groups is 2. The maximum absolute atomic E-state index is 12.7. The topological polar surface area (TPSA) is 58.6 Å². The van der Waals surface area contributed by atoms with E-state index >= 15 is 0 Å². The lowest BCUT2D eigenvalue weighted by Gasteiger charge is -2.22. The molecule has 0 aliphatic carbocycles. The van der Waals surface area contributed by atoms with Crippen LogP contribution in [0.2, 0.25) is 15.1 Å². The molecule has 31 heavy (non-hydrogen) atoms. The zero-order valence-corrected chi connectivity index (χ0v) is 19.3. The van der Waals surface area contributed by atoms with Gasteiger partial charge in [-0.25, -0.2) is 0 Å². The predicted octanol–water partition coefficient (Wildman–Crippen LogP) is 4.41. The van der Waals surface area contributed by atoms with Gasteiger partial charge in [0.1, 0.15) is 12.5 Å². The van der Waals surface area contributed by atoms with Crippen LogP contribution in [-0.2, 0) is 27.2 Å². The lowest BCUT2D eigenvalue weighted by atomic mass is 10.0. The van der Waals surface area contributed by atoms with Crippen LogP contribution in [0.25, 0.3) is 0 Å². The average molecular weight is 484 g/mol. The molecular formula is C23H25Cl3N2O3. The minimum absolute atomic E-state index is 0.0466. The van der Waals surface area contributed by atoms with E-state index < -0.39 is 5.92 Å². The molecule has 1 aliphatic rings. The third-order valence-electron chi connectivity index (χ3n) is 5.20. The fraction of sp³-hybridized carbons (Fsp3) is 0.391. The molecule has 1 unspecified atom stereocenters. The van der Waals surface area contributed by atoms with E-state index in [1.807, 2.05) is 41.3 Å². The maximum Gasteiger partial charge on any atom is 0.231 e. The molecule has 1 heterocycles. The molecule has 8 heteroatoms. The third kappa shape index (κ3) is 7.48. The highest BCUT2D eigenvalue weighted by Crippen LogP contribution is 2.23. The van der Waals surface area contributed by atoms with E-state index in [0.717, 1.165) is 30.4 Å². The number of rotatable bonds is 8. The number of amides is 1. The molecule has 0 spiro atoms. The summed E-state index contributed by atoms with van der Waals surface area (Å²) in [6.07, 6.45) is 2.25. The number of benzene rings is 2. The van der Waals surface area contributed by atoms with Crippen LogP contribution < -0.4 is 5.32 Å². The Kier molecular flexibility index (Phi) is 9.17. The monoisotopic (exact) mass is 482 g/mol. The van der Waals surface area contributed by atoms with Gasteiger partial charge >= 0.3 is 0 Å². The van der Waals surface area contributed by atoms with Crippen LogP contribution in [0.5, 0.6) is 0 Å². The molecule has 1 amide bonds. The van der Waals surface area contributed by atoms with E-state index in [1.165, 1.54) is 0 Å². The number of hydrogen-bond donors (Lipinski definition) is 1. The van der Waals surface area contributed by atoms with E-state index in [0.29, 0.717) is 41.4 Å². The number of halogens is 3. The molecule has 5 nitrogen and oxygen atoms in total. The molecular weight excluding hydrogens is 459 g/mol. The van der Waals surface area contributed by atoms with E-state index in [9.17, 15) is 9.59 Å². The number of hydrogen-bond acceptors (Lipinski definition) is 4. The van der Waals surface area contributed by atoms with Crippen molar-refractivity contribution in [3.05, 3.63) is 68.7 Å². The molecule has 1 saturated heterocycles. The molecule has 1 atom stereocenters. The lowest BCUT2D eigenvalue weighted by Crippen LogP contribution is -2.42. The van der Waals surface area contributed by atoms with E-state index in [2.05, 4.69) is 5.32 Å². The summed E-state index contributed by atoms with van der Waals surface area (Å²) in [6, 6.07) is 13.2. The van der Waals surface area contributed by atoms with Gasteiger partial charge in [-0.05, 0) is 54.7 Å². The first-order valence-corrected chi connectivity index (χ1v) is 11.3. The second-order valence-electron chi connectivity index (χ2n) is 7.60. The Labute approximate surface area is 197 Å². The van der Waals surface area contributed by atoms with Crippen LogP contribution >= 0.6 is 34.8 Å². The molecule has 0 bridgehead atoms. The number of nitrogens with zero attached hydrogens (tertiary/aromatic N) is 1. The van der Waals surface area contributed by atoms with Crippen LogP contribution in [0.4, 0.5) is 0 Å². The Morgan fingerprint density at radius 1 is 1.06 bits per heavy atom. The highest BCUT2D eigenvalue weighted by Gasteiger charge is 2.31. The highest BCUT2D eigenvalue weighted by atomic mass is 35.5. The second kappa shape index (κ2) is 11.8. The van der Waals surface area contributed by atoms with Gasteiger partial charge in [0.05, 0.1) is 16.8 Å². The average Bonchev–Trinajstić information content (AvgIpc) is 2.93. The number of nitrogens with one attached hydrogen (secondary N) is 1. The van der Waals surface area contributed by atoms with Crippen LogP contribution in [-0.4, -0.2) is 49.6 Å². The molecule has 166 valence electrons. The molecule has 3 rings (SSSR count). The lowest BCUT2D eigenvalue weighted by molar-refractivity contribution is -0.135. The van der Waals surface area contributed by atoms with Gasteiger partial charge in [0.2, 0.25) is 5.91 Å². The molecule has 2 aromatic carbocycles. The summed E-state index contributed by atoms with van der Waals surface area (Å²) in [6.45, 7) is 1.78. The zero-order chi connectivity index (χ0) is 22.2. The Morgan fingerprint density at radius 3 is 2.65 bits per heavy atom. The summed E-state index contributed by atoms with van der Waals surface area (Å²) in [4.78, 5) is 27.0. The number of ketones is 1. The summed E-state index contributed by atoms with van der Waals surface area (Å²) in [5.41, 5.74) is 2.15. The largest absolute Gasteiger partial charge is 0.358 e. The Hall–Kier alpha value is -1.63. The van der Waals surface area contributed by atoms with Crippen molar-refractivity contribution in [3.63, 3.8) is 0 Å². The summed E-state index contributed by atoms with van der Waals surface area (Å²) in [5.74, 6) is -1.17. The van der Waals surface area contributed by atoms with Crippen LogP contribution in [0.15, 0.2) is 42.5 Å². The van der Waals surface area contributed by atoms with Crippen molar-refractivity contribution in [3.8, 4) is 0 Å². The van der Waals surface area contributed by atoms with E-state index in [1.54, 1.807) is 6.07 Å². The van der Waals surface area contributed by atoms with Crippen molar-refractivity contribution in [1.82, 2.24) is 10.2 Å². The van der Waals surface area contributed by atoms with Crippen molar-refractivity contribution in [2.45, 2.75) is 19.3 Å². The zero-order valence-electron chi connectivity index (χ0n) is 17.1.